The van der Waals surface area contributed by atoms with E-state index in [0.717, 1.165) is 43.6 Å². The second-order valence-electron chi connectivity index (χ2n) is 6.17. The summed E-state index contributed by atoms with van der Waals surface area (Å²) in [6.45, 7) is 5.21. The number of fused-ring (bicyclic) bond motifs is 3. The Morgan fingerprint density at radius 1 is 1.33 bits per heavy atom. The molecule has 2 bridgehead atoms. The number of nitrogens with two attached hydrogens (primary N) is 1. The molecule has 0 aromatic heterocycles. The lowest BCUT2D eigenvalue weighted by molar-refractivity contribution is 0.0827. The smallest absolute Gasteiger partial charge is 0.241 e. The van der Waals surface area contributed by atoms with Crippen LogP contribution in [0.15, 0.2) is 23.1 Å². The van der Waals surface area contributed by atoms with Gasteiger partial charge < -0.3 is 10.6 Å². The number of sulfonamides is 1. The van der Waals surface area contributed by atoms with Crippen LogP contribution in [0.5, 0.6) is 0 Å². The van der Waals surface area contributed by atoms with E-state index in [1.165, 1.54) is 0 Å². The van der Waals surface area contributed by atoms with Crippen LogP contribution >= 0.6 is 0 Å². The normalized spacial score (nSPS) is 28.8. The van der Waals surface area contributed by atoms with Crippen LogP contribution in [0, 0.1) is 12.8 Å². The van der Waals surface area contributed by atoms with E-state index in [1.807, 2.05) is 19.1 Å². The maximum atomic E-state index is 12.7. The molecule has 5 nitrogen and oxygen atoms in total. The van der Waals surface area contributed by atoms with Crippen molar-refractivity contribution >= 4 is 10.0 Å². The number of nitrogens with zero attached hydrogens (tertiary/aromatic N) is 1. The lowest BCUT2D eigenvalue weighted by Gasteiger charge is -2.44. The van der Waals surface area contributed by atoms with Gasteiger partial charge in [0.25, 0.3) is 0 Å². The molecule has 1 aromatic rings. The quantitative estimate of drug-likeness (QED) is 0.864. The SMILES string of the molecule is Cc1ccc(CN)cc1S(=O)(=O)NC1CN2CCC1CC2. The molecule has 116 valence electrons. The summed E-state index contributed by atoms with van der Waals surface area (Å²) in [7, 11) is -3.48. The summed E-state index contributed by atoms with van der Waals surface area (Å²) in [6, 6.07) is 5.44. The number of aryl methyl sites for hydroxylation is 1. The van der Waals surface area contributed by atoms with Crippen molar-refractivity contribution < 1.29 is 8.42 Å². The van der Waals surface area contributed by atoms with Gasteiger partial charge in [0.05, 0.1) is 4.90 Å². The standard InChI is InChI=1S/C15H23N3O2S/c1-11-2-3-12(9-16)8-15(11)21(19,20)17-14-10-18-6-4-13(14)5-7-18/h2-3,8,13-14,17H,4-7,9-10,16H2,1H3. The van der Waals surface area contributed by atoms with E-state index in [4.69, 9.17) is 5.73 Å². The van der Waals surface area contributed by atoms with Crippen molar-refractivity contribution in [3.63, 3.8) is 0 Å². The molecule has 0 saturated carbocycles. The van der Waals surface area contributed by atoms with Gasteiger partial charge in [-0.15, -0.1) is 0 Å². The molecule has 3 N–H and O–H groups in total. The van der Waals surface area contributed by atoms with E-state index < -0.39 is 10.0 Å². The Labute approximate surface area is 126 Å². The van der Waals surface area contributed by atoms with E-state index >= 15 is 0 Å². The largest absolute Gasteiger partial charge is 0.326 e. The highest BCUT2D eigenvalue weighted by molar-refractivity contribution is 7.89. The third kappa shape index (κ3) is 2.99. The van der Waals surface area contributed by atoms with Crippen LogP contribution in [0.2, 0.25) is 0 Å². The van der Waals surface area contributed by atoms with Gasteiger partial charge in [-0.1, -0.05) is 12.1 Å². The molecule has 0 radical (unpaired) electrons. The van der Waals surface area contributed by atoms with Gasteiger partial charge in [-0.2, -0.15) is 0 Å². The fourth-order valence-electron chi connectivity index (χ4n) is 3.42. The highest BCUT2D eigenvalue weighted by Gasteiger charge is 2.36. The van der Waals surface area contributed by atoms with Gasteiger partial charge in [-0.25, -0.2) is 13.1 Å². The van der Waals surface area contributed by atoms with Gasteiger partial charge >= 0.3 is 0 Å². The molecule has 4 rings (SSSR count). The number of hydrogen-bond donors (Lipinski definition) is 2. The second kappa shape index (κ2) is 5.68. The Hall–Kier alpha value is -0.950. The molecule has 0 amide bonds. The average molecular weight is 309 g/mol. The molecule has 3 saturated heterocycles. The van der Waals surface area contributed by atoms with Crippen LogP contribution in [0.4, 0.5) is 0 Å². The topological polar surface area (TPSA) is 75.4 Å². The summed E-state index contributed by atoms with van der Waals surface area (Å²) < 4.78 is 28.3. The van der Waals surface area contributed by atoms with E-state index in [0.29, 0.717) is 17.4 Å². The van der Waals surface area contributed by atoms with Gasteiger partial charge in [0.2, 0.25) is 10.0 Å². The molecule has 1 unspecified atom stereocenters. The Bertz CT molecular complexity index is 622. The van der Waals surface area contributed by atoms with Gasteiger partial charge in [-0.05, 0) is 56.0 Å². The van der Waals surface area contributed by atoms with Crippen LogP contribution in [0.25, 0.3) is 0 Å². The summed E-state index contributed by atoms with van der Waals surface area (Å²) in [5.41, 5.74) is 7.23. The van der Waals surface area contributed by atoms with Gasteiger partial charge in [-0.3, -0.25) is 0 Å². The fourth-order valence-corrected chi connectivity index (χ4v) is 5.01. The monoisotopic (exact) mass is 309 g/mol. The van der Waals surface area contributed by atoms with Crippen LogP contribution in [0.3, 0.4) is 0 Å². The lowest BCUT2D eigenvalue weighted by Crippen LogP contribution is -2.57. The van der Waals surface area contributed by atoms with E-state index in [1.54, 1.807) is 6.07 Å². The van der Waals surface area contributed by atoms with Gasteiger partial charge in [0, 0.05) is 19.1 Å². The van der Waals surface area contributed by atoms with Crippen molar-refractivity contribution in [3.8, 4) is 0 Å². The minimum absolute atomic E-state index is 0.0402. The maximum absolute atomic E-state index is 12.7. The Morgan fingerprint density at radius 2 is 2.05 bits per heavy atom. The van der Waals surface area contributed by atoms with Crippen molar-refractivity contribution in [2.45, 2.75) is 37.2 Å². The highest BCUT2D eigenvalue weighted by atomic mass is 32.2. The Kier molecular flexibility index (Phi) is 4.05. The molecular formula is C15H23N3O2S. The predicted octanol–water partition coefficient (Wildman–Crippen LogP) is 0.826. The molecule has 6 heteroatoms. The Balaban J connectivity index is 1.84. The van der Waals surface area contributed by atoms with Crippen LogP contribution in [0.1, 0.15) is 24.0 Å². The average Bonchev–Trinajstić information content (AvgIpc) is 2.48. The highest BCUT2D eigenvalue weighted by Crippen LogP contribution is 2.29. The van der Waals surface area contributed by atoms with E-state index in [-0.39, 0.29) is 6.04 Å². The van der Waals surface area contributed by atoms with Crippen LogP contribution in [-0.4, -0.2) is 39.0 Å². The first-order valence-corrected chi connectivity index (χ1v) is 9.02. The van der Waals surface area contributed by atoms with Gasteiger partial charge in [0.15, 0.2) is 0 Å². The molecule has 3 aliphatic heterocycles. The molecule has 3 fully saturated rings. The summed E-state index contributed by atoms with van der Waals surface area (Å²) in [4.78, 5) is 2.71. The third-order valence-corrected chi connectivity index (χ3v) is 6.37. The van der Waals surface area contributed by atoms with Crippen LogP contribution < -0.4 is 10.5 Å². The number of rotatable bonds is 4. The van der Waals surface area contributed by atoms with Crippen molar-refractivity contribution in [1.82, 2.24) is 9.62 Å². The number of hydrogen-bond acceptors (Lipinski definition) is 4. The van der Waals surface area contributed by atoms with Crippen molar-refractivity contribution in [2.24, 2.45) is 11.7 Å². The van der Waals surface area contributed by atoms with Gasteiger partial charge in [0.1, 0.15) is 0 Å². The van der Waals surface area contributed by atoms with Crippen molar-refractivity contribution in [3.05, 3.63) is 29.3 Å². The first kappa shape index (κ1) is 15.0. The minimum Gasteiger partial charge on any atom is -0.326 e. The molecule has 3 aliphatic rings. The van der Waals surface area contributed by atoms with Crippen LogP contribution in [-0.2, 0) is 16.6 Å². The zero-order valence-electron chi connectivity index (χ0n) is 12.4. The zero-order valence-corrected chi connectivity index (χ0v) is 13.2. The third-order valence-electron chi connectivity index (χ3n) is 4.74. The fraction of sp³-hybridized carbons (Fsp3) is 0.600. The molecule has 0 aliphatic carbocycles. The number of piperidine rings is 3. The molecule has 1 aromatic carbocycles. The summed E-state index contributed by atoms with van der Waals surface area (Å²) >= 11 is 0. The van der Waals surface area contributed by atoms with E-state index in [9.17, 15) is 8.42 Å². The summed E-state index contributed by atoms with van der Waals surface area (Å²) in [5.74, 6) is 0.475. The minimum atomic E-state index is -3.48. The molecular weight excluding hydrogens is 286 g/mol. The number of nitrogens with one attached hydrogen (secondary N) is 1. The lowest BCUT2D eigenvalue weighted by atomic mass is 9.85. The zero-order chi connectivity index (χ0) is 15.0. The number of benzene rings is 1. The molecule has 21 heavy (non-hydrogen) atoms. The second-order valence-corrected chi connectivity index (χ2v) is 7.85. The van der Waals surface area contributed by atoms with Crippen molar-refractivity contribution in [2.75, 3.05) is 19.6 Å². The summed E-state index contributed by atoms with van der Waals surface area (Å²) in [6.07, 6.45) is 2.18. The molecule has 1 atom stereocenters. The van der Waals surface area contributed by atoms with E-state index in [2.05, 4.69) is 9.62 Å². The predicted molar refractivity (Wildman–Crippen MR) is 82.3 cm³/mol. The molecule has 3 heterocycles. The first-order valence-electron chi connectivity index (χ1n) is 7.54. The first-order chi connectivity index (χ1) is 9.99. The molecule has 0 spiro atoms. The summed E-state index contributed by atoms with van der Waals surface area (Å²) in [5, 5.41) is 0. The maximum Gasteiger partial charge on any atom is 0.241 e. The van der Waals surface area contributed by atoms with Crippen molar-refractivity contribution in [1.29, 1.82) is 0 Å². The Morgan fingerprint density at radius 3 is 2.62 bits per heavy atom.